The molecule has 0 radical (unpaired) electrons. The van der Waals surface area contributed by atoms with Crippen LogP contribution < -0.4 is 11.3 Å². The minimum Gasteiger partial charge on any atom is -0.271 e. The number of nitrogens with one attached hydrogen (secondary N) is 1. The average Bonchev–Trinajstić information content (AvgIpc) is 2.34. The molecule has 2 aromatic heterocycles. The first-order valence-corrected chi connectivity index (χ1v) is 4.95. The molecule has 5 heteroatoms. The van der Waals surface area contributed by atoms with Gasteiger partial charge in [-0.25, -0.2) is 5.43 Å². The SMILES string of the molecule is Cc1cnccc1C(NN)c1cnccn1. The maximum absolute atomic E-state index is 5.57. The summed E-state index contributed by atoms with van der Waals surface area (Å²) in [5.74, 6) is 5.57. The van der Waals surface area contributed by atoms with Gasteiger partial charge >= 0.3 is 0 Å². The minimum atomic E-state index is -0.156. The predicted octanol–water partition coefficient (Wildman–Crippen LogP) is 0.733. The zero-order valence-corrected chi connectivity index (χ0v) is 8.96. The van der Waals surface area contributed by atoms with Gasteiger partial charge in [-0.2, -0.15) is 0 Å². The monoisotopic (exact) mass is 215 g/mol. The molecule has 0 spiro atoms. The van der Waals surface area contributed by atoms with E-state index in [4.69, 9.17) is 5.84 Å². The molecule has 2 aromatic rings. The molecule has 0 aliphatic heterocycles. The van der Waals surface area contributed by atoms with Crippen molar-refractivity contribution in [1.29, 1.82) is 0 Å². The smallest absolute Gasteiger partial charge is 0.0900 e. The molecule has 2 heterocycles. The molecule has 82 valence electrons. The van der Waals surface area contributed by atoms with Crippen molar-refractivity contribution < 1.29 is 0 Å². The van der Waals surface area contributed by atoms with Crippen LogP contribution in [0.15, 0.2) is 37.1 Å². The molecule has 3 N–H and O–H groups in total. The molecule has 0 bridgehead atoms. The van der Waals surface area contributed by atoms with Crippen LogP contribution in [-0.4, -0.2) is 15.0 Å². The number of hydrazine groups is 1. The molecule has 1 unspecified atom stereocenters. The highest BCUT2D eigenvalue weighted by molar-refractivity contribution is 5.30. The van der Waals surface area contributed by atoms with Crippen LogP contribution >= 0.6 is 0 Å². The average molecular weight is 215 g/mol. The lowest BCUT2D eigenvalue weighted by Crippen LogP contribution is -2.30. The van der Waals surface area contributed by atoms with Gasteiger partial charge in [-0.15, -0.1) is 0 Å². The molecule has 0 amide bonds. The first-order valence-electron chi connectivity index (χ1n) is 4.95. The van der Waals surface area contributed by atoms with Gasteiger partial charge in [-0.1, -0.05) is 0 Å². The van der Waals surface area contributed by atoms with Gasteiger partial charge in [-0.3, -0.25) is 20.8 Å². The van der Waals surface area contributed by atoms with Crippen molar-refractivity contribution in [3.05, 3.63) is 53.9 Å². The first kappa shape index (κ1) is 10.7. The van der Waals surface area contributed by atoms with E-state index in [0.717, 1.165) is 16.8 Å². The Balaban J connectivity index is 2.41. The Bertz CT molecular complexity index is 457. The number of nitrogens with two attached hydrogens (primary N) is 1. The van der Waals surface area contributed by atoms with Gasteiger partial charge in [0.25, 0.3) is 0 Å². The van der Waals surface area contributed by atoms with Crippen LogP contribution in [0.25, 0.3) is 0 Å². The van der Waals surface area contributed by atoms with Gasteiger partial charge in [0, 0.05) is 24.8 Å². The Hall–Kier alpha value is -1.85. The number of hydrogen-bond donors (Lipinski definition) is 2. The lowest BCUT2D eigenvalue weighted by atomic mass is 10.0. The van der Waals surface area contributed by atoms with E-state index in [1.54, 1.807) is 31.0 Å². The van der Waals surface area contributed by atoms with E-state index in [1.165, 1.54) is 0 Å². The second-order valence-corrected chi connectivity index (χ2v) is 3.46. The summed E-state index contributed by atoms with van der Waals surface area (Å²) < 4.78 is 0. The highest BCUT2D eigenvalue weighted by Crippen LogP contribution is 2.20. The second kappa shape index (κ2) is 4.78. The van der Waals surface area contributed by atoms with Crippen LogP contribution in [0.4, 0.5) is 0 Å². The third kappa shape index (κ3) is 2.05. The van der Waals surface area contributed by atoms with E-state index in [9.17, 15) is 0 Å². The topological polar surface area (TPSA) is 76.7 Å². The molecule has 1 atom stereocenters. The maximum Gasteiger partial charge on any atom is 0.0900 e. The molecule has 0 aliphatic rings. The summed E-state index contributed by atoms with van der Waals surface area (Å²) in [7, 11) is 0. The van der Waals surface area contributed by atoms with Crippen molar-refractivity contribution in [1.82, 2.24) is 20.4 Å². The van der Waals surface area contributed by atoms with Crippen LogP contribution in [0.5, 0.6) is 0 Å². The minimum absolute atomic E-state index is 0.156. The maximum atomic E-state index is 5.57. The van der Waals surface area contributed by atoms with Gasteiger partial charge in [0.05, 0.1) is 17.9 Å². The van der Waals surface area contributed by atoms with E-state index in [-0.39, 0.29) is 6.04 Å². The fourth-order valence-electron chi connectivity index (χ4n) is 1.60. The number of aromatic nitrogens is 3. The van der Waals surface area contributed by atoms with Crippen LogP contribution in [-0.2, 0) is 0 Å². The molecule has 2 rings (SSSR count). The van der Waals surface area contributed by atoms with Crippen molar-refractivity contribution in [2.75, 3.05) is 0 Å². The molecule has 0 aromatic carbocycles. The summed E-state index contributed by atoms with van der Waals surface area (Å²) in [4.78, 5) is 12.3. The lowest BCUT2D eigenvalue weighted by molar-refractivity contribution is 0.614. The molecule has 16 heavy (non-hydrogen) atoms. The molecule has 0 saturated carbocycles. The highest BCUT2D eigenvalue weighted by atomic mass is 15.2. The fourth-order valence-corrected chi connectivity index (χ4v) is 1.60. The van der Waals surface area contributed by atoms with Crippen molar-refractivity contribution in [2.24, 2.45) is 5.84 Å². The van der Waals surface area contributed by atoms with Crippen molar-refractivity contribution in [3.63, 3.8) is 0 Å². The van der Waals surface area contributed by atoms with Crippen molar-refractivity contribution >= 4 is 0 Å². The quantitative estimate of drug-likeness (QED) is 0.583. The van der Waals surface area contributed by atoms with Gasteiger partial charge < -0.3 is 0 Å². The summed E-state index contributed by atoms with van der Waals surface area (Å²) in [5, 5.41) is 0. The summed E-state index contributed by atoms with van der Waals surface area (Å²) in [5.41, 5.74) is 5.66. The summed E-state index contributed by atoms with van der Waals surface area (Å²) in [6, 6.07) is 1.77. The van der Waals surface area contributed by atoms with Gasteiger partial charge in [-0.05, 0) is 24.1 Å². The Morgan fingerprint density at radius 1 is 1.19 bits per heavy atom. The number of pyridine rings is 1. The third-order valence-corrected chi connectivity index (χ3v) is 2.42. The summed E-state index contributed by atoms with van der Waals surface area (Å²) >= 11 is 0. The lowest BCUT2D eigenvalue weighted by Gasteiger charge is -2.16. The molecular weight excluding hydrogens is 202 g/mol. The Kier molecular flexibility index (Phi) is 3.19. The first-order chi connectivity index (χ1) is 7.83. The van der Waals surface area contributed by atoms with Crippen molar-refractivity contribution in [3.8, 4) is 0 Å². The Morgan fingerprint density at radius 2 is 2.00 bits per heavy atom. The highest BCUT2D eigenvalue weighted by Gasteiger charge is 2.15. The molecule has 0 aliphatic carbocycles. The van der Waals surface area contributed by atoms with Crippen molar-refractivity contribution in [2.45, 2.75) is 13.0 Å². The molecule has 5 nitrogen and oxygen atoms in total. The molecule has 0 fully saturated rings. The van der Waals surface area contributed by atoms with E-state index in [0.29, 0.717) is 0 Å². The van der Waals surface area contributed by atoms with Crippen LogP contribution in [0, 0.1) is 6.92 Å². The Labute approximate surface area is 93.7 Å². The van der Waals surface area contributed by atoms with E-state index < -0.39 is 0 Å². The van der Waals surface area contributed by atoms with Crippen LogP contribution in [0.1, 0.15) is 22.9 Å². The molecular formula is C11H13N5. The van der Waals surface area contributed by atoms with Gasteiger partial charge in [0.15, 0.2) is 0 Å². The van der Waals surface area contributed by atoms with Gasteiger partial charge in [0.2, 0.25) is 0 Å². The van der Waals surface area contributed by atoms with Crippen LogP contribution in [0.3, 0.4) is 0 Å². The van der Waals surface area contributed by atoms with Crippen LogP contribution in [0.2, 0.25) is 0 Å². The van der Waals surface area contributed by atoms with Gasteiger partial charge in [0.1, 0.15) is 0 Å². The predicted molar refractivity (Wildman–Crippen MR) is 60.2 cm³/mol. The largest absolute Gasteiger partial charge is 0.271 e. The zero-order chi connectivity index (χ0) is 11.4. The second-order valence-electron chi connectivity index (χ2n) is 3.46. The number of nitrogens with zero attached hydrogens (tertiary/aromatic N) is 3. The standard InChI is InChI=1S/C11H13N5/c1-8-6-13-3-2-9(8)11(16-12)10-7-14-4-5-15-10/h2-7,11,16H,12H2,1H3. The van der Waals surface area contributed by atoms with E-state index in [1.807, 2.05) is 13.0 Å². The fraction of sp³-hybridized carbons (Fsp3) is 0.182. The van der Waals surface area contributed by atoms with E-state index >= 15 is 0 Å². The number of rotatable bonds is 3. The zero-order valence-electron chi connectivity index (χ0n) is 8.96. The molecule has 0 saturated heterocycles. The Morgan fingerprint density at radius 3 is 2.62 bits per heavy atom. The number of hydrogen-bond acceptors (Lipinski definition) is 5. The van der Waals surface area contributed by atoms with E-state index in [2.05, 4.69) is 20.4 Å². The normalized spacial score (nSPS) is 12.4. The summed E-state index contributed by atoms with van der Waals surface area (Å²) in [6.45, 7) is 1.99. The number of aryl methyl sites for hydroxylation is 1. The summed E-state index contributed by atoms with van der Waals surface area (Å²) in [6.07, 6.45) is 8.52. The third-order valence-electron chi connectivity index (χ3n) is 2.42.